The summed E-state index contributed by atoms with van der Waals surface area (Å²) in [6.07, 6.45) is 2.02. The highest BCUT2D eigenvalue weighted by Gasteiger charge is 2.06. The molecule has 70 valence electrons. The van der Waals surface area contributed by atoms with Crippen LogP contribution in [0.2, 0.25) is 0 Å². The molecule has 0 aliphatic carbocycles. The zero-order valence-corrected chi connectivity index (χ0v) is 7.63. The first-order valence-corrected chi connectivity index (χ1v) is 3.93. The molecule has 4 nitrogen and oxygen atoms in total. The molecule has 5 N–H and O–H groups in total. The number of nitrogens with two attached hydrogens (primary N) is 2. The molecule has 0 aromatic carbocycles. The van der Waals surface area contributed by atoms with Gasteiger partial charge in [0, 0.05) is 13.1 Å². The van der Waals surface area contributed by atoms with Crippen LogP contribution in [0.5, 0.6) is 0 Å². The van der Waals surface area contributed by atoms with Gasteiger partial charge in [-0.3, -0.25) is 4.79 Å². The molecule has 12 heavy (non-hydrogen) atoms. The Morgan fingerprint density at radius 3 is 2.58 bits per heavy atom. The first kappa shape index (κ1) is 11.1. The summed E-state index contributed by atoms with van der Waals surface area (Å²) in [7, 11) is 0. The predicted molar refractivity (Wildman–Crippen MR) is 49.5 cm³/mol. The monoisotopic (exact) mass is 171 g/mol. The average molecular weight is 171 g/mol. The first-order valence-electron chi connectivity index (χ1n) is 3.93. The molecule has 4 heteroatoms. The SMILES string of the molecule is CC(C)=CCNCC(N)C(N)=O. The first-order chi connectivity index (χ1) is 5.54. The van der Waals surface area contributed by atoms with Gasteiger partial charge in [0.2, 0.25) is 5.91 Å². The van der Waals surface area contributed by atoms with Crippen LogP contribution in [-0.2, 0) is 4.79 Å². The van der Waals surface area contributed by atoms with Crippen molar-refractivity contribution in [1.82, 2.24) is 5.32 Å². The van der Waals surface area contributed by atoms with Gasteiger partial charge in [0.05, 0.1) is 6.04 Å². The maximum absolute atomic E-state index is 10.5. The number of allylic oxidation sites excluding steroid dienone is 1. The van der Waals surface area contributed by atoms with Crippen LogP contribution in [0.3, 0.4) is 0 Å². The van der Waals surface area contributed by atoms with Gasteiger partial charge < -0.3 is 16.8 Å². The van der Waals surface area contributed by atoms with E-state index in [0.29, 0.717) is 6.54 Å². The zero-order chi connectivity index (χ0) is 9.56. The maximum atomic E-state index is 10.5. The molecule has 0 aliphatic heterocycles. The molecular formula is C8H17N3O. The molecule has 0 rings (SSSR count). The van der Waals surface area contributed by atoms with E-state index in [1.165, 1.54) is 5.57 Å². The molecule has 0 fully saturated rings. The minimum Gasteiger partial charge on any atom is -0.368 e. The fourth-order valence-corrected chi connectivity index (χ4v) is 0.616. The molecule has 0 bridgehead atoms. The van der Waals surface area contributed by atoms with E-state index in [4.69, 9.17) is 11.5 Å². The largest absolute Gasteiger partial charge is 0.368 e. The van der Waals surface area contributed by atoms with Crippen LogP contribution in [0.25, 0.3) is 0 Å². The van der Waals surface area contributed by atoms with Crippen molar-refractivity contribution < 1.29 is 4.79 Å². The second-order valence-electron chi connectivity index (χ2n) is 2.95. The van der Waals surface area contributed by atoms with Crippen molar-refractivity contribution >= 4 is 5.91 Å². The summed E-state index contributed by atoms with van der Waals surface area (Å²) in [4.78, 5) is 10.5. The Morgan fingerprint density at radius 2 is 2.17 bits per heavy atom. The molecular weight excluding hydrogens is 154 g/mol. The van der Waals surface area contributed by atoms with E-state index in [2.05, 4.69) is 5.32 Å². The van der Waals surface area contributed by atoms with Crippen molar-refractivity contribution in [1.29, 1.82) is 0 Å². The van der Waals surface area contributed by atoms with E-state index >= 15 is 0 Å². The summed E-state index contributed by atoms with van der Waals surface area (Å²) in [6.45, 7) is 5.17. The molecule has 1 unspecified atom stereocenters. The Balaban J connectivity index is 3.44. The maximum Gasteiger partial charge on any atom is 0.235 e. The number of carbonyl (C=O) groups excluding carboxylic acids is 1. The highest BCUT2D eigenvalue weighted by molar-refractivity contribution is 5.79. The second-order valence-corrected chi connectivity index (χ2v) is 2.95. The summed E-state index contributed by atoms with van der Waals surface area (Å²) in [6, 6.07) is -0.587. The van der Waals surface area contributed by atoms with Gasteiger partial charge in [-0.05, 0) is 13.8 Å². The van der Waals surface area contributed by atoms with Gasteiger partial charge in [-0.1, -0.05) is 11.6 Å². The lowest BCUT2D eigenvalue weighted by Crippen LogP contribution is -2.44. The van der Waals surface area contributed by atoms with Gasteiger partial charge in [-0.2, -0.15) is 0 Å². The van der Waals surface area contributed by atoms with Gasteiger partial charge in [0.25, 0.3) is 0 Å². The lowest BCUT2D eigenvalue weighted by molar-refractivity contribution is -0.119. The minimum absolute atomic E-state index is 0.430. The van der Waals surface area contributed by atoms with E-state index in [9.17, 15) is 4.79 Å². The number of hydrogen-bond acceptors (Lipinski definition) is 3. The highest BCUT2D eigenvalue weighted by Crippen LogP contribution is 1.85. The van der Waals surface area contributed by atoms with Gasteiger partial charge in [0.1, 0.15) is 0 Å². The highest BCUT2D eigenvalue weighted by atomic mass is 16.1. The number of amides is 1. The van der Waals surface area contributed by atoms with Gasteiger partial charge >= 0.3 is 0 Å². The summed E-state index contributed by atoms with van der Waals surface area (Å²) >= 11 is 0. The normalized spacial score (nSPS) is 12.2. The molecule has 0 spiro atoms. The van der Waals surface area contributed by atoms with Crippen molar-refractivity contribution in [3.63, 3.8) is 0 Å². The Bertz CT molecular complexity index is 173. The van der Waals surface area contributed by atoms with Crippen LogP contribution in [0.15, 0.2) is 11.6 Å². The molecule has 0 radical (unpaired) electrons. The van der Waals surface area contributed by atoms with E-state index in [1.807, 2.05) is 19.9 Å². The van der Waals surface area contributed by atoms with Crippen LogP contribution in [0, 0.1) is 0 Å². The lowest BCUT2D eigenvalue weighted by Gasteiger charge is -2.06. The zero-order valence-electron chi connectivity index (χ0n) is 7.63. The van der Waals surface area contributed by atoms with Gasteiger partial charge in [0.15, 0.2) is 0 Å². The fourth-order valence-electron chi connectivity index (χ4n) is 0.616. The third kappa shape index (κ3) is 5.88. The number of nitrogens with one attached hydrogen (secondary N) is 1. The number of carbonyl (C=O) groups is 1. The minimum atomic E-state index is -0.587. The Morgan fingerprint density at radius 1 is 1.58 bits per heavy atom. The van der Waals surface area contributed by atoms with Gasteiger partial charge in [-0.25, -0.2) is 0 Å². The molecule has 0 saturated carbocycles. The summed E-state index contributed by atoms with van der Waals surface area (Å²) in [5.41, 5.74) is 11.6. The number of primary amides is 1. The quantitative estimate of drug-likeness (QED) is 0.380. The second kappa shape index (κ2) is 5.74. The molecule has 1 amide bonds. The summed E-state index contributed by atoms with van der Waals surface area (Å²) in [5.74, 6) is -0.472. The van der Waals surface area contributed by atoms with Crippen LogP contribution in [0.1, 0.15) is 13.8 Å². The van der Waals surface area contributed by atoms with E-state index in [1.54, 1.807) is 0 Å². The molecule has 0 aromatic heterocycles. The van der Waals surface area contributed by atoms with E-state index < -0.39 is 11.9 Å². The van der Waals surface area contributed by atoms with E-state index in [0.717, 1.165) is 6.54 Å². The van der Waals surface area contributed by atoms with E-state index in [-0.39, 0.29) is 0 Å². The van der Waals surface area contributed by atoms with Crippen LogP contribution in [-0.4, -0.2) is 25.0 Å². The Labute approximate surface area is 73.0 Å². The Hall–Kier alpha value is -0.870. The van der Waals surface area contributed by atoms with Crippen molar-refractivity contribution in [2.75, 3.05) is 13.1 Å². The predicted octanol–water partition coefficient (Wildman–Crippen LogP) is -0.645. The lowest BCUT2D eigenvalue weighted by atomic mass is 10.3. The molecule has 0 saturated heterocycles. The van der Waals surface area contributed by atoms with Crippen molar-refractivity contribution in [2.24, 2.45) is 11.5 Å². The smallest absolute Gasteiger partial charge is 0.235 e. The third-order valence-electron chi connectivity index (χ3n) is 1.38. The van der Waals surface area contributed by atoms with Crippen LogP contribution < -0.4 is 16.8 Å². The average Bonchev–Trinajstić information content (AvgIpc) is 1.97. The molecule has 0 aromatic rings. The number of hydrogen-bond donors (Lipinski definition) is 3. The van der Waals surface area contributed by atoms with Crippen molar-refractivity contribution in [2.45, 2.75) is 19.9 Å². The summed E-state index contributed by atoms with van der Waals surface area (Å²) in [5, 5.41) is 3.00. The van der Waals surface area contributed by atoms with Crippen molar-refractivity contribution in [3.05, 3.63) is 11.6 Å². The third-order valence-corrected chi connectivity index (χ3v) is 1.38. The fraction of sp³-hybridized carbons (Fsp3) is 0.625. The molecule has 0 aliphatic rings. The standard InChI is InChI=1S/C8H17N3O/c1-6(2)3-4-11-5-7(9)8(10)12/h3,7,11H,4-5,9H2,1-2H3,(H2,10,12). The topological polar surface area (TPSA) is 81.1 Å². The summed E-state index contributed by atoms with van der Waals surface area (Å²) < 4.78 is 0. The molecule has 1 atom stereocenters. The number of rotatable bonds is 5. The Kier molecular flexibility index (Phi) is 5.32. The molecule has 0 heterocycles. The van der Waals surface area contributed by atoms with Crippen LogP contribution in [0.4, 0.5) is 0 Å². The van der Waals surface area contributed by atoms with Crippen molar-refractivity contribution in [3.8, 4) is 0 Å². The van der Waals surface area contributed by atoms with Gasteiger partial charge in [-0.15, -0.1) is 0 Å². The van der Waals surface area contributed by atoms with Crippen LogP contribution >= 0.6 is 0 Å².